The molecule has 0 aromatic heterocycles. The predicted octanol–water partition coefficient (Wildman–Crippen LogP) is 4.73. The molecule has 0 saturated carbocycles. The molecular weight excluding hydrogens is 420 g/mol. The lowest BCUT2D eigenvalue weighted by Gasteiger charge is -2.31. The Bertz CT molecular complexity index is 1240. The third-order valence-electron chi connectivity index (χ3n) is 6.57. The van der Waals surface area contributed by atoms with Crippen LogP contribution in [0.25, 0.3) is 10.8 Å². The Hall–Kier alpha value is -2.70. The zero-order valence-electron chi connectivity index (χ0n) is 18.8. The van der Waals surface area contributed by atoms with Gasteiger partial charge in [-0.25, -0.2) is 8.42 Å². The monoisotopic (exact) mass is 450 g/mol. The molecule has 168 valence electrons. The molecule has 1 fully saturated rings. The number of hydrogen-bond acceptors (Lipinski definition) is 3. The average Bonchev–Trinajstić information content (AvgIpc) is 2.80. The first-order chi connectivity index (χ1) is 15.3. The van der Waals surface area contributed by atoms with Crippen LogP contribution in [0, 0.1) is 19.8 Å². The van der Waals surface area contributed by atoms with Gasteiger partial charge in [-0.05, 0) is 79.3 Å². The zero-order valence-corrected chi connectivity index (χ0v) is 19.7. The van der Waals surface area contributed by atoms with E-state index in [1.807, 2.05) is 45.0 Å². The largest absolute Gasteiger partial charge is 0.349 e. The number of rotatable bonds is 5. The number of fused-ring (bicyclic) bond motifs is 1. The average molecular weight is 451 g/mol. The van der Waals surface area contributed by atoms with Crippen molar-refractivity contribution in [1.82, 2.24) is 9.62 Å². The molecule has 1 saturated heterocycles. The molecule has 1 N–H and O–H groups in total. The molecule has 3 aromatic carbocycles. The third kappa shape index (κ3) is 4.57. The highest BCUT2D eigenvalue weighted by atomic mass is 32.2. The summed E-state index contributed by atoms with van der Waals surface area (Å²) in [5.74, 6) is -0.182. The van der Waals surface area contributed by atoms with Crippen molar-refractivity contribution < 1.29 is 13.2 Å². The second kappa shape index (κ2) is 9.04. The van der Waals surface area contributed by atoms with Crippen molar-refractivity contribution >= 4 is 26.7 Å². The minimum absolute atomic E-state index is 0.00566. The van der Waals surface area contributed by atoms with Crippen LogP contribution < -0.4 is 5.32 Å². The standard InChI is InChI=1S/C26H30N2O3S/c1-18-8-11-25(16-19(18)2)32(30,31)28-14-12-22(13-15-28)26(29)27-20(3)23-10-9-21-6-4-5-7-24(21)17-23/h4-11,16-17,20,22H,12-15H2,1-3H3,(H,27,29)/t20-/m0/s1. The van der Waals surface area contributed by atoms with Crippen LogP contribution in [0.1, 0.15) is 42.5 Å². The van der Waals surface area contributed by atoms with Gasteiger partial charge >= 0.3 is 0 Å². The Balaban J connectivity index is 1.38. The van der Waals surface area contributed by atoms with Crippen molar-refractivity contribution in [3.63, 3.8) is 0 Å². The van der Waals surface area contributed by atoms with Crippen molar-refractivity contribution in [1.29, 1.82) is 0 Å². The lowest BCUT2D eigenvalue weighted by molar-refractivity contribution is -0.126. The molecule has 0 spiro atoms. The number of nitrogens with one attached hydrogen (secondary N) is 1. The lowest BCUT2D eigenvalue weighted by Crippen LogP contribution is -2.43. The number of carbonyl (C=O) groups is 1. The minimum Gasteiger partial charge on any atom is -0.349 e. The quantitative estimate of drug-likeness (QED) is 0.611. The number of benzene rings is 3. The number of amides is 1. The molecule has 6 heteroatoms. The summed E-state index contributed by atoms with van der Waals surface area (Å²) in [5.41, 5.74) is 3.09. The Kier molecular flexibility index (Phi) is 6.35. The van der Waals surface area contributed by atoms with Gasteiger partial charge in [0, 0.05) is 19.0 Å². The first kappa shape index (κ1) is 22.5. The summed E-state index contributed by atoms with van der Waals surface area (Å²) >= 11 is 0. The molecule has 1 aliphatic heterocycles. The van der Waals surface area contributed by atoms with E-state index in [1.165, 1.54) is 9.69 Å². The van der Waals surface area contributed by atoms with Crippen LogP contribution in [0.3, 0.4) is 0 Å². The summed E-state index contributed by atoms with van der Waals surface area (Å²) in [6.07, 6.45) is 1.06. The molecule has 0 unspecified atom stereocenters. The third-order valence-corrected chi connectivity index (χ3v) is 8.47. The van der Waals surface area contributed by atoms with Crippen molar-refractivity contribution in [3.05, 3.63) is 77.4 Å². The van der Waals surface area contributed by atoms with E-state index in [2.05, 4.69) is 29.6 Å². The first-order valence-corrected chi connectivity index (χ1v) is 12.6. The highest BCUT2D eigenvalue weighted by Crippen LogP contribution is 2.26. The van der Waals surface area contributed by atoms with Crippen molar-refractivity contribution in [2.75, 3.05) is 13.1 Å². The SMILES string of the molecule is Cc1ccc(S(=O)(=O)N2CCC(C(=O)N[C@@H](C)c3ccc4ccccc4c3)CC2)cc1C. The van der Waals surface area contributed by atoms with E-state index in [0.29, 0.717) is 30.8 Å². The van der Waals surface area contributed by atoms with Gasteiger partial charge in [-0.1, -0.05) is 42.5 Å². The van der Waals surface area contributed by atoms with E-state index in [-0.39, 0.29) is 17.9 Å². The van der Waals surface area contributed by atoms with E-state index in [0.717, 1.165) is 22.1 Å². The van der Waals surface area contributed by atoms with E-state index in [4.69, 9.17) is 0 Å². The van der Waals surface area contributed by atoms with Crippen LogP contribution in [0.5, 0.6) is 0 Å². The van der Waals surface area contributed by atoms with Gasteiger partial charge in [0.05, 0.1) is 10.9 Å². The van der Waals surface area contributed by atoms with Gasteiger partial charge in [0.2, 0.25) is 15.9 Å². The number of carbonyl (C=O) groups excluding carboxylic acids is 1. The second-order valence-corrected chi connectivity index (χ2v) is 10.7. The summed E-state index contributed by atoms with van der Waals surface area (Å²) < 4.78 is 27.6. The second-order valence-electron chi connectivity index (χ2n) is 8.76. The minimum atomic E-state index is -3.54. The molecule has 1 atom stereocenters. The van der Waals surface area contributed by atoms with Crippen molar-refractivity contribution in [3.8, 4) is 0 Å². The molecule has 3 aromatic rings. The van der Waals surface area contributed by atoms with Gasteiger partial charge in [0.15, 0.2) is 0 Å². The van der Waals surface area contributed by atoms with Crippen molar-refractivity contribution in [2.45, 2.75) is 44.6 Å². The summed E-state index contributed by atoms with van der Waals surface area (Å²) in [5, 5.41) is 5.44. The number of nitrogens with zero attached hydrogens (tertiary/aromatic N) is 1. The molecule has 32 heavy (non-hydrogen) atoms. The van der Waals surface area contributed by atoms with Gasteiger partial charge < -0.3 is 5.32 Å². The highest BCUT2D eigenvalue weighted by molar-refractivity contribution is 7.89. The fourth-order valence-electron chi connectivity index (χ4n) is 4.27. The van der Waals surface area contributed by atoms with Crippen LogP contribution in [0.2, 0.25) is 0 Å². The van der Waals surface area contributed by atoms with Crippen LogP contribution >= 0.6 is 0 Å². The maximum Gasteiger partial charge on any atom is 0.243 e. The molecule has 1 amide bonds. The molecular formula is C26H30N2O3S. The summed E-state index contributed by atoms with van der Waals surface area (Å²) in [4.78, 5) is 13.2. The fourth-order valence-corrected chi connectivity index (χ4v) is 5.83. The Morgan fingerprint density at radius 1 is 0.938 bits per heavy atom. The van der Waals surface area contributed by atoms with E-state index >= 15 is 0 Å². The predicted molar refractivity (Wildman–Crippen MR) is 128 cm³/mol. The number of piperidine rings is 1. The Morgan fingerprint density at radius 3 is 2.31 bits per heavy atom. The van der Waals surface area contributed by atoms with Crippen LogP contribution in [-0.2, 0) is 14.8 Å². The Labute approximate surface area is 190 Å². The van der Waals surface area contributed by atoms with E-state index in [1.54, 1.807) is 12.1 Å². The molecule has 0 aliphatic carbocycles. The lowest BCUT2D eigenvalue weighted by atomic mass is 9.96. The zero-order chi connectivity index (χ0) is 22.9. The normalized spacial score (nSPS) is 16.7. The topological polar surface area (TPSA) is 66.5 Å². The van der Waals surface area contributed by atoms with Crippen LogP contribution in [0.4, 0.5) is 0 Å². The summed E-state index contributed by atoms with van der Waals surface area (Å²) in [7, 11) is -3.54. The number of hydrogen-bond donors (Lipinski definition) is 1. The maximum absolute atomic E-state index is 13.0. The van der Waals surface area contributed by atoms with Crippen molar-refractivity contribution in [2.24, 2.45) is 5.92 Å². The van der Waals surface area contributed by atoms with Gasteiger partial charge in [-0.2, -0.15) is 4.31 Å². The van der Waals surface area contributed by atoms with Crippen LogP contribution in [-0.4, -0.2) is 31.7 Å². The maximum atomic E-state index is 13.0. The molecule has 0 radical (unpaired) electrons. The first-order valence-electron chi connectivity index (χ1n) is 11.1. The molecule has 5 nitrogen and oxygen atoms in total. The molecule has 0 bridgehead atoms. The van der Waals surface area contributed by atoms with Crippen LogP contribution in [0.15, 0.2) is 65.6 Å². The summed E-state index contributed by atoms with van der Waals surface area (Å²) in [6.45, 7) is 6.59. The number of aryl methyl sites for hydroxylation is 2. The molecule has 4 rings (SSSR count). The molecule has 1 heterocycles. The Morgan fingerprint density at radius 2 is 1.62 bits per heavy atom. The smallest absolute Gasteiger partial charge is 0.243 e. The van der Waals surface area contributed by atoms with Gasteiger partial charge in [0.25, 0.3) is 0 Å². The van der Waals surface area contributed by atoms with E-state index < -0.39 is 10.0 Å². The van der Waals surface area contributed by atoms with E-state index in [9.17, 15) is 13.2 Å². The molecule has 1 aliphatic rings. The van der Waals surface area contributed by atoms with Gasteiger partial charge in [0.1, 0.15) is 0 Å². The van der Waals surface area contributed by atoms with Gasteiger partial charge in [-0.3, -0.25) is 4.79 Å². The summed E-state index contributed by atoms with van der Waals surface area (Å²) in [6, 6.07) is 19.5. The number of sulfonamides is 1. The fraction of sp³-hybridized carbons (Fsp3) is 0.346. The highest BCUT2D eigenvalue weighted by Gasteiger charge is 2.32. The van der Waals surface area contributed by atoms with Gasteiger partial charge in [-0.15, -0.1) is 0 Å².